The van der Waals surface area contributed by atoms with Crippen LogP contribution in [0.4, 0.5) is 23.1 Å². The molecule has 1 fully saturated rings. The second-order valence-corrected chi connectivity index (χ2v) is 8.66. The number of hydrogen-bond donors (Lipinski definition) is 3. The highest BCUT2D eigenvalue weighted by atomic mass is 16.5. The minimum absolute atomic E-state index is 0.213. The fourth-order valence-corrected chi connectivity index (χ4v) is 4.32. The molecule has 0 aliphatic carbocycles. The van der Waals surface area contributed by atoms with E-state index in [1.807, 2.05) is 66.3 Å². The highest BCUT2D eigenvalue weighted by Crippen LogP contribution is 2.28. The number of aromatic nitrogens is 3. The van der Waals surface area contributed by atoms with Crippen LogP contribution in [0.3, 0.4) is 0 Å². The van der Waals surface area contributed by atoms with Gasteiger partial charge in [0.15, 0.2) is 0 Å². The van der Waals surface area contributed by atoms with Crippen LogP contribution in [-0.4, -0.2) is 51.6 Å². The molecule has 1 saturated heterocycles. The van der Waals surface area contributed by atoms with Crippen LogP contribution in [0.5, 0.6) is 5.75 Å². The number of anilines is 4. The molecule has 0 saturated carbocycles. The van der Waals surface area contributed by atoms with Crippen LogP contribution in [0.25, 0.3) is 10.9 Å². The summed E-state index contributed by atoms with van der Waals surface area (Å²) in [5.41, 5.74) is 8.49. The summed E-state index contributed by atoms with van der Waals surface area (Å²) < 4.78 is 7.90. The highest BCUT2D eigenvalue weighted by molar-refractivity contribution is 6.00. The number of amides is 1. The average molecular weight is 472 g/mol. The van der Waals surface area contributed by atoms with Crippen LogP contribution >= 0.6 is 0 Å². The van der Waals surface area contributed by atoms with Gasteiger partial charge in [0.25, 0.3) is 5.91 Å². The first-order valence-electron chi connectivity index (χ1n) is 11.8. The molecule has 35 heavy (non-hydrogen) atoms. The van der Waals surface area contributed by atoms with Gasteiger partial charge in [-0.3, -0.25) is 9.69 Å². The molecule has 0 atom stereocenters. The van der Waals surface area contributed by atoms with Crippen LogP contribution in [0, 0.1) is 0 Å². The number of benzene rings is 2. The lowest BCUT2D eigenvalue weighted by Crippen LogP contribution is -2.25. The molecule has 1 amide bonds. The van der Waals surface area contributed by atoms with Gasteiger partial charge in [-0.25, -0.2) is 4.98 Å². The normalized spacial score (nSPS) is 13.7. The molecule has 5 rings (SSSR count). The van der Waals surface area contributed by atoms with E-state index in [1.165, 1.54) is 19.0 Å². The molecule has 2 aromatic carbocycles. The molecule has 1 aliphatic heterocycles. The molecule has 0 bridgehead atoms. The van der Waals surface area contributed by atoms with Crippen molar-refractivity contribution < 1.29 is 9.53 Å². The number of ether oxygens (including phenoxy) is 1. The van der Waals surface area contributed by atoms with Gasteiger partial charge in [-0.2, -0.15) is 4.98 Å². The molecule has 1 aliphatic rings. The minimum Gasteiger partial charge on any atom is -0.492 e. The summed E-state index contributed by atoms with van der Waals surface area (Å²) in [6, 6.07) is 15.6. The van der Waals surface area contributed by atoms with E-state index in [0.717, 1.165) is 47.7 Å². The first-order chi connectivity index (χ1) is 17.1. The maximum absolute atomic E-state index is 12.0. The van der Waals surface area contributed by atoms with E-state index in [0.29, 0.717) is 18.4 Å². The zero-order valence-corrected chi connectivity index (χ0v) is 19.7. The molecule has 4 N–H and O–H groups in total. The van der Waals surface area contributed by atoms with E-state index >= 15 is 0 Å². The molecule has 2 aromatic heterocycles. The number of nitrogens with one attached hydrogen (secondary N) is 2. The summed E-state index contributed by atoms with van der Waals surface area (Å²) in [7, 11) is 1.98. The Bertz CT molecular complexity index is 1330. The number of carbonyl (C=O) groups excluding carboxylic acids is 1. The topological polar surface area (TPSA) is 110 Å². The number of likely N-dealkylation sites (tertiary alicyclic amines) is 1. The highest BCUT2D eigenvalue weighted by Gasteiger charge is 2.15. The van der Waals surface area contributed by atoms with Crippen LogP contribution < -0.4 is 21.1 Å². The second-order valence-electron chi connectivity index (χ2n) is 8.66. The average Bonchev–Trinajstić information content (AvgIpc) is 3.51. The van der Waals surface area contributed by atoms with Crippen molar-refractivity contribution in [1.29, 1.82) is 0 Å². The van der Waals surface area contributed by atoms with E-state index in [9.17, 15) is 4.79 Å². The van der Waals surface area contributed by atoms with Gasteiger partial charge in [-0.05, 0) is 68.4 Å². The summed E-state index contributed by atoms with van der Waals surface area (Å²) in [5, 5.41) is 7.46. The van der Waals surface area contributed by atoms with E-state index in [4.69, 9.17) is 10.5 Å². The monoisotopic (exact) mass is 471 g/mol. The molecule has 9 nitrogen and oxygen atoms in total. The number of rotatable bonds is 9. The maximum atomic E-state index is 12.0. The summed E-state index contributed by atoms with van der Waals surface area (Å²) >= 11 is 0. The van der Waals surface area contributed by atoms with E-state index in [1.54, 1.807) is 0 Å². The zero-order chi connectivity index (χ0) is 24.2. The van der Waals surface area contributed by atoms with E-state index in [2.05, 4.69) is 25.5 Å². The van der Waals surface area contributed by atoms with Crippen molar-refractivity contribution in [2.75, 3.05) is 36.9 Å². The summed E-state index contributed by atoms with van der Waals surface area (Å²) in [6.45, 7) is 3.95. The van der Waals surface area contributed by atoms with Crippen molar-refractivity contribution >= 4 is 40.0 Å². The number of nitrogens with zero attached hydrogens (tertiary/aromatic N) is 4. The lowest BCUT2D eigenvalue weighted by Gasteiger charge is -2.15. The molecule has 0 radical (unpaired) electrons. The van der Waals surface area contributed by atoms with Gasteiger partial charge >= 0.3 is 0 Å². The predicted molar refractivity (Wildman–Crippen MR) is 138 cm³/mol. The summed E-state index contributed by atoms with van der Waals surface area (Å²) in [4.78, 5) is 23.3. The Hall–Kier alpha value is -4.11. The Morgan fingerprint density at radius 2 is 1.89 bits per heavy atom. The molecule has 9 heteroatoms. The van der Waals surface area contributed by atoms with Crippen LogP contribution in [0.1, 0.15) is 23.2 Å². The van der Waals surface area contributed by atoms with Crippen molar-refractivity contribution in [3.05, 3.63) is 66.5 Å². The van der Waals surface area contributed by atoms with Crippen molar-refractivity contribution in [2.45, 2.75) is 12.8 Å². The molecule has 3 heterocycles. The molecular weight excluding hydrogens is 442 g/mol. The quantitative estimate of drug-likeness (QED) is 0.338. The fraction of sp³-hybridized carbons (Fsp3) is 0.269. The van der Waals surface area contributed by atoms with E-state index < -0.39 is 5.91 Å². The van der Waals surface area contributed by atoms with Crippen LogP contribution in [0.2, 0.25) is 0 Å². The number of fused-ring (bicyclic) bond motifs is 1. The second kappa shape index (κ2) is 10.0. The Kier molecular flexibility index (Phi) is 6.49. The standard InChI is InChI=1S/C26H29N7O2/c1-32-14-11-20-22(5-4-6-23(20)32)30-25-21(24(27)34)17-28-26(31-25)29-18-7-9-19(10-8-18)35-16-15-33-12-2-3-13-33/h4-11,14,17H,2-3,12-13,15-16H2,1H3,(H2,27,34)(H2,28,29,30,31). The molecule has 180 valence electrons. The largest absolute Gasteiger partial charge is 0.492 e. The first-order valence-corrected chi connectivity index (χ1v) is 11.8. The number of carbonyl (C=O) groups is 1. The summed E-state index contributed by atoms with van der Waals surface area (Å²) in [5.74, 6) is 0.904. The Morgan fingerprint density at radius 1 is 1.09 bits per heavy atom. The van der Waals surface area contributed by atoms with Gasteiger partial charge in [-0.15, -0.1) is 0 Å². The zero-order valence-electron chi connectivity index (χ0n) is 19.7. The van der Waals surface area contributed by atoms with Crippen LogP contribution in [-0.2, 0) is 7.05 Å². The number of nitrogens with two attached hydrogens (primary N) is 1. The van der Waals surface area contributed by atoms with Gasteiger partial charge < -0.3 is 25.7 Å². The van der Waals surface area contributed by atoms with Crippen LogP contribution in [0.15, 0.2) is 60.9 Å². The van der Waals surface area contributed by atoms with Crippen molar-refractivity contribution in [3.63, 3.8) is 0 Å². The lowest BCUT2D eigenvalue weighted by molar-refractivity contribution is 0.100. The van der Waals surface area contributed by atoms with Gasteiger partial charge in [0.1, 0.15) is 23.7 Å². The minimum atomic E-state index is -0.602. The lowest BCUT2D eigenvalue weighted by atomic mass is 10.2. The Balaban J connectivity index is 1.29. The molecule has 0 spiro atoms. The third-order valence-electron chi connectivity index (χ3n) is 6.22. The number of aryl methyl sites for hydroxylation is 1. The fourth-order valence-electron chi connectivity index (χ4n) is 4.32. The Morgan fingerprint density at radius 3 is 2.66 bits per heavy atom. The predicted octanol–water partition coefficient (Wildman–Crippen LogP) is 4.03. The molecule has 4 aromatic rings. The van der Waals surface area contributed by atoms with Crippen molar-refractivity contribution in [3.8, 4) is 5.75 Å². The third-order valence-corrected chi connectivity index (χ3v) is 6.22. The smallest absolute Gasteiger partial charge is 0.254 e. The summed E-state index contributed by atoms with van der Waals surface area (Å²) in [6.07, 6.45) is 5.97. The van der Waals surface area contributed by atoms with Gasteiger partial charge in [0, 0.05) is 48.3 Å². The molecular formula is C26H29N7O2. The number of hydrogen-bond acceptors (Lipinski definition) is 7. The number of primary amides is 1. The molecule has 0 unspecified atom stereocenters. The SMILES string of the molecule is Cn1ccc2c(Nc3nc(Nc4ccc(OCCN5CCCC5)cc4)ncc3C(N)=O)cccc21. The third kappa shape index (κ3) is 5.20. The van der Waals surface area contributed by atoms with Gasteiger partial charge in [0.2, 0.25) is 5.95 Å². The Labute approximate surface area is 203 Å². The van der Waals surface area contributed by atoms with Gasteiger partial charge in [-0.1, -0.05) is 6.07 Å². The van der Waals surface area contributed by atoms with Crippen molar-refractivity contribution in [2.24, 2.45) is 12.8 Å². The van der Waals surface area contributed by atoms with E-state index in [-0.39, 0.29) is 5.56 Å². The maximum Gasteiger partial charge on any atom is 0.254 e. The van der Waals surface area contributed by atoms with Crippen molar-refractivity contribution in [1.82, 2.24) is 19.4 Å². The van der Waals surface area contributed by atoms with Gasteiger partial charge in [0.05, 0.1) is 0 Å². The first kappa shape index (κ1) is 22.7.